The van der Waals surface area contributed by atoms with Crippen LogP contribution in [0.25, 0.3) is 17.1 Å². The molecule has 0 aliphatic carbocycles. The second-order valence-corrected chi connectivity index (χ2v) is 4.41. The smallest absolute Gasteiger partial charge is 0.205 e. The van der Waals surface area contributed by atoms with Gasteiger partial charge in [0.25, 0.3) is 0 Å². The molecule has 100 valence electrons. The van der Waals surface area contributed by atoms with Gasteiger partial charge in [-0.3, -0.25) is 0 Å². The summed E-state index contributed by atoms with van der Waals surface area (Å²) in [4.78, 5) is 1.29. The Kier molecular flexibility index (Phi) is 3.43. The quantitative estimate of drug-likeness (QED) is 0.695. The number of rotatable bonds is 3. The molecule has 0 fully saturated rings. The van der Waals surface area contributed by atoms with Gasteiger partial charge in [0.2, 0.25) is 5.82 Å². The number of alkyl halides is 1. The van der Waals surface area contributed by atoms with Gasteiger partial charge in [0.1, 0.15) is 5.82 Å². The van der Waals surface area contributed by atoms with Gasteiger partial charge < -0.3 is 0 Å². The molecule has 4 nitrogen and oxygen atoms in total. The highest BCUT2D eigenvalue weighted by Crippen LogP contribution is 2.20. The van der Waals surface area contributed by atoms with Crippen LogP contribution in [0.3, 0.4) is 0 Å². The number of hydrogen-bond donors (Lipinski definition) is 0. The summed E-state index contributed by atoms with van der Waals surface area (Å²) in [5.74, 6) is 0.149. The molecule has 3 rings (SSSR count). The molecule has 6 heteroatoms. The minimum absolute atomic E-state index is 0.0459. The summed E-state index contributed by atoms with van der Waals surface area (Å²) in [5.41, 5.74) is 1.70. The van der Waals surface area contributed by atoms with Gasteiger partial charge in [-0.2, -0.15) is 0 Å². The van der Waals surface area contributed by atoms with Gasteiger partial charge in [-0.15, -0.1) is 26.6 Å². The Hall–Kier alpha value is -2.27. The topological polar surface area (TPSA) is 43.6 Å². The second kappa shape index (κ2) is 5.38. The van der Waals surface area contributed by atoms with E-state index in [9.17, 15) is 4.39 Å². The van der Waals surface area contributed by atoms with Crippen molar-refractivity contribution in [2.75, 3.05) is 0 Å². The number of hydrogen-bond acceptors (Lipinski definition) is 3. The van der Waals surface area contributed by atoms with E-state index in [-0.39, 0.29) is 11.7 Å². The van der Waals surface area contributed by atoms with Crippen molar-refractivity contribution in [1.82, 2.24) is 20.2 Å². The predicted molar refractivity (Wildman–Crippen MR) is 74.1 cm³/mol. The Labute approximate surface area is 119 Å². The first kappa shape index (κ1) is 12.7. The zero-order valence-corrected chi connectivity index (χ0v) is 11.1. The molecule has 0 bridgehead atoms. The third-order valence-corrected chi connectivity index (χ3v) is 3.16. The lowest BCUT2D eigenvalue weighted by Gasteiger charge is -2.05. The van der Waals surface area contributed by atoms with Crippen LogP contribution >= 0.6 is 11.6 Å². The van der Waals surface area contributed by atoms with Crippen LogP contribution in [0.15, 0.2) is 48.5 Å². The molecule has 0 saturated carbocycles. The molecule has 0 amide bonds. The first-order valence-corrected chi connectivity index (χ1v) is 6.52. The molecule has 1 heterocycles. The summed E-state index contributed by atoms with van der Waals surface area (Å²) in [5, 5.41) is 12.2. The van der Waals surface area contributed by atoms with Crippen molar-refractivity contribution < 1.29 is 4.39 Å². The number of halogens is 2. The maximum atomic E-state index is 13.7. The fourth-order valence-corrected chi connectivity index (χ4v) is 2.15. The molecular weight excluding hydrogens is 279 g/mol. The Morgan fingerprint density at radius 2 is 1.85 bits per heavy atom. The summed E-state index contributed by atoms with van der Waals surface area (Å²) >= 11 is 5.78. The highest BCUT2D eigenvalue weighted by molar-refractivity contribution is 6.17. The Morgan fingerprint density at radius 3 is 2.60 bits per heavy atom. The first-order valence-electron chi connectivity index (χ1n) is 5.99. The van der Waals surface area contributed by atoms with Crippen molar-refractivity contribution >= 4 is 11.6 Å². The van der Waals surface area contributed by atoms with Crippen LogP contribution in [0.4, 0.5) is 4.39 Å². The first-order chi connectivity index (χ1) is 9.79. The Morgan fingerprint density at radius 1 is 1.05 bits per heavy atom. The molecule has 0 N–H and O–H groups in total. The minimum Gasteiger partial charge on any atom is -0.207 e. The highest BCUT2D eigenvalue weighted by atomic mass is 35.5. The molecule has 2 aromatic carbocycles. The van der Waals surface area contributed by atoms with E-state index in [1.807, 2.05) is 30.3 Å². The summed E-state index contributed by atoms with van der Waals surface area (Å²) in [6.45, 7) is 0. The van der Waals surface area contributed by atoms with Crippen LogP contribution in [0.5, 0.6) is 0 Å². The Bertz CT molecular complexity index is 727. The van der Waals surface area contributed by atoms with Gasteiger partial charge in [-0.1, -0.05) is 36.4 Å². The highest BCUT2D eigenvalue weighted by Gasteiger charge is 2.13. The standard InChI is InChI=1S/C14H10ClFN4/c15-9-11-12(16)7-4-8-13(11)20-18-14(17-19-20)10-5-2-1-3-6-10/h1-8H,9H2. The average Bonchev–Trinajstić information content (AvgIpc) is 2.97. The molecule has 0 spiro atoms. The zero-order chi connectivity index (χ0) is 13.9. The third-order valence-electron chi connectivity index (χ3n) is 2.89. The number of tetrazole rings is 1. The van der Waals surface area contributed by atoms with E-state index in [1.165, 1.54) is 10.9 Å². The number of nitrogens with zero attached hydrogens (tertiary/aromatic N) is 4. The number of benzene rings is 2. The van der Waals surface area contributed by atoms with Gasteiger partial charge in [0.15, 0.2) is 0 Å². The maximum absolute atomic E-state index is 13.7. The number of aromatic nitrogens is 4. The maximum Gasteiger partial charge on any atom is 0.205 e. The van der Waals surface area contributed by atoms with Gasteiger partial charge in [-0.05, 0) is 17.3 Å². The zero-order valence-electron chi connectivity index (χ0n) is 10.4. The van der Waals surface area contributed by atoms with Crippen molar-refractivity contribution in [1.29, 1.82) is 0 Å². The predicted octanol–water partition coefficient (Wildman–Crippen LogP) is 3.21. The second-order valence-electron chi connectivity index (χ2n) is 4.14. The van der Waals surface area contributed by atoms with Gasteiger partial charge >= 0.3 is 0 Å². The van der Waals surface area contributed by atoms with E-state index >= 15 is 0 Å². The molecule has 0 radical (unpaired) electrons. The van der Waals surface area contributed by atoms with Gasteiger partial charge in [0.05, 0.1) is 11.6 Å². The molecule has 0 unspecified atom stereocenters. The molecule has 20 heavy (non-hydrogen) atoms. The SMILES string of the molecule is Fc1cccc(-n2nnc(-c3ccccc3)n2)c1CCl. The minimum atomic E-state index is -0.379. The summed E-state index contributed by atoms with van der Waals surface area (Å²) in [6.07, 6.45) is 0. The molecule has 3 aromatic rings. The summed E-state index contributed by atoms with van der Waals surface area (Å²) in [6, 6.07) is 14.1. The largest absolute Gasteiger partial charge is 0.207 e. The molecule has 0 saturated heterocycles. The average molecular weight is 289 g/mol. The lowest BCUT2D eigenvalue weighted by Crippen LogP contribution is -2.04. The van der Waals surface area contributed by atoms with E-state index in [2.05, 4.69) is 15.4 Å². The van der Waals surface area contributed by atoms with Crippen LogP contribution in [0.2, 0.25) is 0 Å². The molecule has 0 atom stereocenters. The normalized spacial score (nSPS) is 10.7. The van der Waals surface area contributed by atoms with E-state index in [0.29, 0.717) is 17.1 Å². The molecular formula is C14H10ClFN4. The summed E-state index contributed by atoms with van der Waals surface area (Å²) in [7, 11) is 0. The third kappa shape index (κ3) is 2.28. The van der Waals surface area contributed by atoms with Crippen molar-refractivity contribution in [3.05, 3.63) is 59.9 Å². The van der Waals surface area contributed by atoms with Gasteiger partial charge in [0, 0.05) is 11.1 Å². The van der Waals surface area contributed by atoms with Gasteiger partial charge in [-0.25, -0.2) is 4.39 Å². The Balaban J connectivity index is 2.05. The van der Waals surface area contributed by atoms with Crippen molar-refractivity contribution in [2.24, 2.45) is 0 Å². The van der Waals surface area contributed by atoms with Crippen LogP contribution in [-0.2, 0) is 5.88 Å². The van der Waals surface area contributed by atoms with E-state index in [1.54, 1.807) is 12.1 Å². The molecule has 0 aliphatic heterocycles. The van der Waals surface area contributed by atoms with Crippen LogP contribution in [0, 0.1) is 5.82 Å². The van der Waals surface area contributed by atoms with Crippen LogP contribution in [0.1, 0.15) is 5.56 Å². The van der Waals surface area contributed by atoms with Crippen LogP contribution in [-0.4, -0.2) is 20.2 Å². The van der Waals surface area contributed by atoms with Crippen molar-refractivity contribution in [2.45, 2.75) is 5.88 Å². The fourth-order valence-electron chi connectivity index (χ4n) is 1.89. The van der Waals surface area contributed by atoms with E-state index < -0.39 is 0 Å². The molecule has 0 aliphatic rings. The lowest BCUT2D eigenvalue weighted by atomic mass is 10.2. The van der Waals surface area contributed by atoms with Crippen molar-refractivity contribution in [3.8, 4) is 17.1 Å². The lowest BCUT2D eigenvalue weighted by molar-refractivity contribution is 0.608. The summed E-state index contributed by atoms with van der Waals surface area (Å²) < 4.78 is 13.7. The van der Waals surface area contributed by atoms with E-state index in [4.69, 9.17) is 11.6 Å². The molecule has 1 aromatic heterocycles. The van der Waals surface area contributed by atoms with Crippen LogP contribution < -0.4 is 0 Å². The van der Waals surface area contributed by atoms with E-state index in [0.717, 1.165) is 5.56 Å². The van der Waals surface area contributed by atoms with Crippen molar-refractivity contribution in [3.63, 3.8) is 0 Å². The monoisotopic (exact) mass is 288 g/mol. The fraction of sp³-hybridized carbons (Fsp3) is 0.0714.